The summed E-state index contributed by atoms with van der Waals surface area (Å²) in [5.41, 5.74) is 0.744. The Kier molecular flexibility index (Phi) is 4.52. The molecule has 6 aliphatic rings. The predicted molar refractivity (Wildman–Crippen MR) is 132 cm³/mol. The molecule has 3 nitrogen and oxygen atoms in total. The number of ether oxygens (including phenoxy) is 1. The van der Waals surface area contributed by atoms with Crippen LogP contribution >= 0.6 is 0 Å². The Labute approximate surface area is 202 Å². The molecule has 188 valence electrons. The van der Waals surface area contributed by atoms with Crippen molar-refractivity contribution in [2.45, 2.75) is 131 Å². The van der Waals surface area contributed by atoms with E-state index in [-0.39, 0.29) is 39.5 Å². The van der Waals surface area contributed by atoms with E-state index in [1.54, 1.807) is 0 Å². The van der Waals surface area contributed by atoms with Crippen molar-refractivity contribution in [3.63, 3.8) is 0 Å². The monoisotopic (exact) mass is 458 g/mol. The molecule has 0 aromatic heterocycles. The van der Waals surface area contributed by atoms with E-state index in [0.29, 0.717) is 41.1 Å². The minimum Gasteiger partial charge on any atom is -0.393 e. The van der Waals surface area contributed by atoms with Gasteiger partial charge in [0.15, 0.2) is 0 Å². The third kappa shape index (κ3) is 2.49. The molecule has 1 aliphatic heterocycles. The van der Waals surface area contributed by atoms with Gasteiger partial charge in [-0.2, -0.15) is 0 Å². The molecule has 13 atom stereocenters. The summed E-state index contributed by atoms with van der Waals surface area (Å²) in [7, 11) is 0. The maximum absolute atomic E-state index is 11.8. The lowest BCUT2D eigenvalue weighted by atomic mass is 9.31. The Morgan fingerprint density at radius 1 is 0.697 bits per heavy atom. The van der Waals surface area contributed by atoms with Crippen molar-refractivity contribution in [2.24, 2.45) is 56.7 Å². The summed E-state index contributed by atoms with van der Waals surface area (Å²) in [5, 5.41) is 22.8. The van der Waals surface area contributed by atoms with Gasteiger partial charge in [0.2, 0.25) is 0 Å². The highest BCUT2D eigenvalue weighted by molar-refractivity contribution is 5.23. The van der Waals surface area contributed by atoms with E-state index in [1.807, 2.05) is 0 Å². The van der Waals surface area contributed by atoms with Crippen LogP contribution in [0.15, 0.2) is 0 Å². The summed E-state index contributed by atoms with van der Waals surface area (Å²) in [6.45, 7) is 19.7. The molecular formula is C30H50O3. The average molecular weight is 459 g/mol. The molecule has 0 spiro atoms. The number of fused-ring (bicyclic) bond motifs is 8. The largest absolute Gasteiger partial charge is 0.393 e. The number of epoxide rings is 1. The fourth-order valence-electron chi connectivity index (χ4n) is 12.1. The SMILES string of the molecule is C[C@H]1[C@@H]2[C@H]3CC[C@@H]4[C@@]5(C)CC[C@H](O)C(C)(C)[C@@H]5CC[C@@]4(C)[C@]3(C)C[C@H](O)[C@@]2(C)C[C@H]2O[C@]21C. The van der Waals surface area contributed by atoms with Crippen molar-refractivity contribution in [2.75, 3.05) is 0 Å². The Balaban J connectivity index is 1.41. The van der Waals surface area contributed by atoms with E-state index in [1.165, 1.54) is 25.7 Å². The Hall–Kier alpha value is -0.120. The molecule has 0 bridgehead atoms. The number of hydrogen-bond acceptors (Lipinski definition) is 3. The molecule has 0 aromatic rings. The van der Waals surface area contributed by atoms with E-state index in [2.05, 4.69) is 55.4 Å². The smallest absolute Gasteiger partial charge is 0.0948 e. The molecule has 6 fully saturated rings. The first kappa shape index (κ1) is 23.3. The van der Waals surface area contributed by atoms with Crippen molar-refractivity contribution < 1.29 is 14.9 Å². The third-order valence-corrected chi connectivity index (χ3v) is 14.5. The lowest BCUT2D eigenvalue weighted by molar-refractivity contribution is -0.272. The van der Waals surface area contributed by atoms with Crippen LogP contribution in [-0.2, 0) is 4.74 Å². The zero-order valence-corrected chi connectivity index (χ0v) is 22.6. The van der Waals surface area contributed by atoms with Crippen molar-refractivity contribution in [3.8, 4) is 0 Å². The molecule has 1 saturated heterocycles. The lowest BCUT2D eigenvalue weighted by Gasteiger charge is -2.74. The number of hydrogen-bond donors (Lipinski definition) is 2. The van der Waals surface area contributed by atoms with Gasteiger partial charge in [0, 0.05) is 0 Å². The van der Waals surface area contributed by atoms with Gasteiger partial charge in [-0.05, 0) is 115 Å². The maximum atomic E-state index is 11.8. The molecule has 0 aromatic carbocycles. The van der Waals surface area contributed by atoms with Crippen molar-refractivity contribution >= 4 is 0 Å². The van der Waals surface area contributed by atoms with Gasteiger partial charge in [-0.25, -0.2) is 0 Å². The molecule has 5 aliphatic carbocycles. The number of rotatable bonds is 0. The molecule has 6 rings (SSSR count). The zero-order valence-electron chi connectivity index (χ0n) is 22.6. The van der Waals surface area contributed by atoms with Crippen LogP contribution in [0, 0.1) is 56.7 Å². The first-order valence-corrected chi connectivity index (χ1v) is 14.2. The second kappa shape index (κ2) is 6.41. The van der Waals surface area contributed by atoms with E-state index in [9.17, 15) is 10.2 Å². The summed E-state index contributed by atoms with van der Waals surface area (Å²) in [6, 6.07) is 0. The topological polar surface area (TPSA) is 53.0 Å². The van der Waals surface area contributed by atoms with Crippen molar-refractivity contribution in [1.82, 2.24) is 0 Å². The minimum atomic E-state index is -0.231. The van der Waals surface area contributed by atoms with Gasteiger partial charge in [0.25, 0.3) is 0 Å². The van der Waals surface area contributed by atoms with Gasteiger partial charge in [-0.3, -0.25) is 0 Å². The first-order chi connectivity index (χ1) is 15.2. The molecular weight excluding hydrogens is 408 g/mol. The predicted octanol–water partition coefficient (Wildman–Crippen LogP) is 6.21. The Morgan fingerprint density at radius 3 is 2.09 bits per heavy atom. The van der Waals surface area contributed by atoms with Gasteiger partial charge in [0.1, 0.15) is 0 Å². The highest BCUT2D eigenvalue weighted by Crippen LogP contribution is 2.78. The summed E-state index contributed by atoms with van der Waals surface area (Å²) < 4.78 is 6.31. The van der Waals surface area contributed by atoms with E-state index < -0.39 is 0 Å². The van der Waals surface area contributed by atoms with E-state index in [0.717, 1.165) is 25.7 Å². The first-order valence-electron chi connectivity index (χ1n) is 14.2. The number of aliphatic hydroxyl groups is 2. The molecule has 0 radical (unpaired) electrons. The van der Waals surface area contributed by atoms with Crippen LogP contribution in [0.25, 0.3) is 0 Å². The van der Waals surface area contributed by atoms with Crippen molar-refractivity contribution in [1.29, 1.82) is 0 Å². The fourth-order valence-corrected chi connectivity index (χ4v) is 12.1. The van der Waals surface area contributed by atoms with Gasteiger partial charge < -0.3 is 14.9 Å². The van der Waals surface area contributed by atoms with Gasteiger partial charge in [-0.15, -0.1) is 0 Å². The second-order valence-corrected chi connectivity index (χ2v) is 15.6. The molecule has 1 heterocycles. The standard InChI is InChI=1S/C30H50O3/c1-17-24-18-9-10-20-26(4)13-12-21(31)25(2,3)19(26)11-14-28(20,6)29(18,7)15-22(32)27(24,5)16-23-30(17,8)33-23/h17-24,31-32H,9-16H2,1-8H3/t17-,18+,19-,20+,21-,22-,23+,24+,26-,27+,28+,29+,30-/m0/s1. The summed E-state index contributed by atoms with van der Waals surface area (Å²) in [4.78, 5) is 0. The van der Waals surface area contributed by atoms with Crippen LogP contribution in [-0.4, -0.2) is 34.1 Å². The molecule has 33 heavy (non-hydrogen) atoms. The van der Waals surface area contributed by atoms with Gasteiger partial charge in [0.05, 0.1) is 23.9 Å². The summed E-state index contributed by atoms with van der Waals surface area (Å²) >= 11 is 0. The van der Waals surface area contributed by atoms with Gasteiger partial charge >= 0.3 is 0 Å². The van der Waals surface area contributed by atoms with E-state index >= 15 is 0 Å². The molecule has 5 saturated carbocycles. The Bertz CT molecular complexity index is 853. The van der Waals surface area contributed by atoms with Crippen LogP contribution in [0.5, 0.6) is 0 Å². The maximum Gasteiger partial charge on any atom is 0.0948 e. The van der Waals surface area contributed by atoms with Gasteiger partial charge in [-0.1, -0.05) is 48.5 Å². The summed E-state index contributed by atoms with van der Waals surface area (Å²) in [6.07, 6.45) is 9.18. The summed E-state index contributed by atoms with van der Waals surface area (Å²) in [5.74, 6) is 3.01. The third-order valence-electron chi connectivity index (χ3n) is 14.5. The van der Waals surface area contributed by atoms with E-state index in [4.69, 9.17) is 4.74 Å². The van der Waals surface area contributed by atoms with Crippen LogP contribution in [0.2, 0.25) is 0 Å². The Morgan fingerprint density at radius 2 is 1.39 bits per heavy atom. The number of aliphatic hydroxyl groups excluding tert-OH is 2. The highest BCUT2D eigenvalue weighted by atomic mass is 16.6. The van der Waals surface area contributed by atoms with Crippen LogP contribution < -0.4 is 0 Å². The average Bonchev–Trinajstić information content (AvgIpc) is 3.38. The van der Waals surface area contributed by atoms with Crippen LogP contribution in [0.3, 0.4) is 0 Å². The van der Waals surface area contributed by atoms with Crippen LogP contribution in [0.4, 0.5) is 0 Å². The quantitative estimate of drug-likeness (QED) is 0.425. The minimum absolute atomic E-state index is 0.00152. The molecule has 3 heteroatoms. The van der Waals surface area contributed by atoms with Crippen LogP contribution in [0.1, 0.15) is 107 Å². The lowest BCUT2D eigenvalue weighted by Crippen LogP contribution is -2.70. The second-order valence-electron chi connectivity index (χ2n) is 15.6. The highest BCUT2D eigenvalue weighted by Gasteiger charge is 2.75. The normalized spacial score (nSPS) is 65.6. The molecule has 0 amide bonds. The fraction of sp³-hybridized carbons (Fsp3) is 1.00. The zero-order chi connectivity index (χ0) is 24.0. The molecule has 0 unspecified atom stereocenters. The van der Waals surface area contributed by atoms with Crippen molar-refractivity contribution in [3.05, 3.63) is 0 Å². The molecule has 2 N–H and O–H groups in total.